The standard InChI is InChI=1S/3C12H20/c3*1-9(2)11-7-5-6-8-12(11)10(3)4/h2*5,7,9-10H,6,8H2,1-4H3;5-6,9-10H,7-8H2,1-4H3. The summed E-state index contributed by atoms with van der Waals surface area (Å²) in [5.41, 5.74) is 9.85. The van der Waals surface area contributed by atoms with E-state index in [1.54, 1.807) is 33.4 Å². The Bertz CT molecular complexity index is 770. The van der Waals surface area contributed by atoms with Gasteiger partial charge in [0, 0.05) is 0 Å². The van der Waals surface area contributed by atoms with E-state index in [2.05, 4.69) is 120 Å². The molecule has 0 radical (unpaired) electrons. The van der Waals surface area contributed by atoms with Crippen molar-refractivity contribution in [2.24, 2.45) is 35.5 Å². The van der Waals surface area contributed by atoms with Crippen LogP contribution in [0.15, 0.2) is 69.9 Å². The molecule has 0 saturated carbocycles. The largest absolute Gasteiger partial charge is 0.0841 e. The third kappa shape index (κ3) is 10.4. The van der Waals surface area contributed by atoms with E-state index in [1.807, 2.05) is 0 Å². The topological polar surface area (TPSA) is 0 Å². The van der Waals surface area contributed by atoms with Crippen molar-refractivity contribution in [2.75, 3.05) is 0 Å². The average molecular weight is 493 g/mol. The maximum atomic E-state index is 2.32. The highest BCUT2D eigenvalue weighted by Crippen LogP contribution is 2.31. The molecular formula is C36H60. The van der Waals surface area contributed by atoms with Crippen molar-refractivity contribution >= 4 is 0 Å². The SMILES string of the molecule is CC(C)C1=C(C(C)C)CC=CC1.CC(C)C1=C(C(C)C)CCC=C1.CC(C)C1=C(C(C)C)CCC=C1. The normalized spacial score (nSPS) is 18.2. The van der Waals surface area contributed by atoms with Crippen LogP contribution in [0.2, 0.25) is 0 Å². The molecule has 3 aliphatic rings. The smallest absolute Gasteiger partial charge is 0.0133 e. The first kappa shape index (κ1) is 32.5. The molecule has 3 aliphatic carbocycles. The first-order valence-electron chi connectivity index (χ1n) is 15.0. The van der Waals surface area contributed by atoms with Crippen LogP contribution < -0.4 is 0 Å². The van der Waals surface area contributed by atoms with E-state index in [0.717, 1.165) is 23.7 Å². The van der Waals surface area contributed by atoms with Crippen LogP contribution in [0.4, 0.5) is 0 Å². The minimum Gasteiger partial charge on any atom is -0.0841 e. The highest BCUT2D eigenvalue weighted by molar-refractivity contribution is 5.32. The highest BCUT2D eigenvalue weighted by atomic mass is 14.2. The molecule has 0 saturated heterocycles. The van der Waals surface area contributed by atoms with Gasteiger partial charge in [-0.25, -0.2) is 0 Å². The van der Waals surface area contributed by atoms with Crippen molar-refractivity contribution in [1.29, 1.82) is 0 Å². The van der Waals surface area contributed by atoms with Crippen LogP contribution in [0.1, 0.15) is 122 Å². The Labute approximate surface area is 226 Å². The van der Waals surface area contributed by atoms with Gasteiger partial charge in [0.15, 0.2) is 0 Å². The summed E-state index contributed by atoms with van der Waals surface area (Å²) in [7, 11) is 0. The van der Waals surface area contributed by atoms with Crippen molar-refractivity contribution < 1.29 is 0 Å². The van der Waals surface area contributed by atoms with Crippen LogP contribution in [-0.2, 0) is 0 Å². The van der Waals surface area contributed by atoms with Gasteiger partial charge in [0.25, 0.3) is 0 Å². The van der Waals surface area contributed by atoms with E-state index in [9.17, 15) is 0 Å². The maximum Gasteiger partial charge on any atom is -0.0133 e. The average Bonchev–Trinajstić information content (AvgIpc) is 2.84. The molecular weight excluding hydrogens is 432 g/mol. The zero-order valence-corrected chi connectivity index (χ0v) is 26.2. The van der Waals surface area contributed by atoms with Crippen molar-refractivity contribution in [1.82, 2.24) is 0 Å². The monoisotopic (exact) mass is 492 g/mol. The number of hydrogen-bond acceptors (Lipinski definition) is 0. The van der Waals surface area contributed by atoms with Crippen molar-refractivity contribution in [3.8, 4) is 0 Å². The minimum atomic E-state index is 0.693. The number of allylic oxidation sites excluding steroid dienone is 12. The lowest BCUT2D eigenvalue weighted by atomic mass is 9.84. The van der Waals surface area contributed by atoms with Gasteiger partial charge in [-0.2, -0.15) is 0 Å². The summed E-state index contributed by atoms with van der Waals surface area (Å²) in [4.78, 5) is 0. The lowest BCUT2D eigenvalue weighted by molar-refractivity contribution is 0.654. The Kier molecular flexibility index (Phi) is 14.7. The van der Waals surface area contributed by atoms with Crippen molar-refractivity contribution in [2.45, 2.75) is 122 Å². The fourth-order valence-electron chi connectivity index (χ4n) is 5.67. The summed E-state index contributed by atoms with van der Waals surface area (Å²) in [6.45, 7) is 27.6. The molecule has 0 bridgehead atoms. The Morgan fingerprint density at radius 2 is 0.694 bits per heavy atom. The summed E-state index contributed by atoms with van der Waals surface area (Å²) in [5, 5.41) is 0. The predicted molar refractivity (Wildman–Crippen MR) is 165 cm³/mol. The van der Waals surface area contributed by atoms with Gasteiger partial charge in [-0.15, -0.1) is 0 Å². The van der Waals surface area contributed by atoms with Crippen molar-refractivity contribution in [3.05, 3.63) is 69.9 Å². The first-order valence-corrected chi connectivity index (χ1v) is 15.0. The molecule has 0 aromatic heterocycles. The van der Waals surface area contributed by atoms with Gasteiger partial charge in [-0.1, -0.05) is 142 Å². The van der Waals surface area contributed by atoms with Crippen LogP contribution in [0.5, 0.6) is 0 Å². The van der Waals surface area contributed by atoms with E-state index >= 15 is 0 Å². The molecule has 0 aliphatic heterocycles. The molecule has 0 atom stereocenters. The number of rotatable bonds is 6. The second-order valence-electron chi connectivity index (χ2n) is 12.7. The Hall–Kier alpha value is -1.56. The second kappa shape index (κ2) is 16.3. The van der Waals surface area contributed by atoms with E-state index in [1.165, 1.54) is 38.5 Å². The van der Waals surface area contributed by atoms with Crippen molar-refractivity contribution in [3.63, 3.8) is 0 Å². The molecule has 3 rings (SSSR count). The summed E-state index contributed by atoms with van der Waals surface area (Å²) >= 11 is 0. The fourth-order valence-corrected chi connectivity index (χ4v) is 5.67. The van der Waals surface area contributed by atoms with Gasteiger partial charge >= 0.3 is 0 Å². The van der Waals surface area contributed by atoms with Gasteiger partial charge in [-0.05, 0) is 85.2 Å². The summed E-state index contributed by atoms with van der Waals surface area (Å²) in [6, 6.07) is 0. The second-order valence-corrected chi connectivity index (χ2v) is 12.7. The van der Waals surface area contributed by atoms with Gasteiger partial charge in [0.2, 0.25) is 0 Å². The third-order valence-electron chi connectivity index (χ3n) is 7.78. The van der Waals surface area contributed by atoms with Crippen LogP contribution in [0.3, 0.4) is 0 Å². The first-order chi connectivity index (χ1) is 16.9. The summed E-state index contributed by atoms with van der Waals surface area (Å²) in [6.07, 6.45) is 21.3. The van der Waals surface area contributed by atoms with Crippen LogP contribution in [0, 0.1) is 35.5 Å². The number of hydrogen-bond donors (Lipinski definition) is 0. The van der Waals surface area contributed by atoms with E-state index in [0.29, 0.717) is 11.8 Å². The van der Waals surface area contributed by atoms with Crippen LogP contribution in [-0.4, -0.2) is 0 Å². The van der Waals surface area contributed by atoms with Gasteiger partial charge in [0.05, 0.1) is 0 Å². The molecule has 0 spiro atoms. The van der Waals surface area contributed by atoms with Gasteiger partial charge < -0.3 is 0 Å². The highest BCUT2D eigenvalue weighted by Gasteiger charge is 2.15. The molecule has 0 aromatic rings. The summed E-state index contributed by atoms with van der Waals surface area (Å²) in [5.74, 6) is 4.30. The Balaban J connectivity index is 0.000000270. The zero-order valence-electron chi connectivity index (χ0n) is 26.2. The van der Waals surface area contributed by atoms with Gasteiger partial charge in [0.1, 0.15) is 0 Å². The zero-order chi connectivity index (χ0) is 27.4. The third-order valence-corrected chi connectivity index (χ3v) is 7.78. The lowest BCUT2D eigenvalue weighted by Crippen LogP contribution is -2.06. The van der Waals surface area contributed by atoms with E-state index in [-0.39, 0.29) is 0 Å². The molecule has 204 valence electrons. The maximum absolute atomic E-state index is 2.32. The Morgan fingerprint density at radius 1 is 0.389 bits per heavy atom. The molecule has 0 aromatic carbocycles. The van der Waals surface area contributed by atoms with E-state index in [4.69, 9.17) is 0 Å². The molecule has 0 amide bonds. The fraction of sp³-hybridized carbons (Fsp3) is 0.667. The molecule has 0 nitrogen and oxygen atoms in total. The lowest BCUT2D eigenvalue weighted by Gasteiger charge is -2.22. The molecule has 0 heteroatoms. The van der Waals surface area contributed by atoms with Crippen LogP contribution in [0.25, 0.3) is 0 Å². The minimum absolute atomic E-state index is 0.693. The predicted octanol–water partition coefficient (Wildman–Crippen LogP) is 11.8. The molecule has 0 heterocycles. The molecule has 0 fully saturated rings. The van der Waals surface area contributed by atoms with Crippen LogP contribution >= 0.6 is 0 Å². The molecule has 0 N–H and O–H groups in total. The quantitative estimate of drug-likeness (QED) is 0.323. The van der Waals surface area contributed by atoms with E-state index < -0.39 is 0 Å². The Morgan fingerprint density at radius 3 is 0.917 bits per heavy atom. The van der Waals surface area contributed by atoms with Gasteiger partial charge in [-0.3, -0.25) is 0 Å². The molecule has 36 heavy (non-hydrogen) atoms. The molecule has 0 unspecified atom stereocenters. The summed E-state index contributed by atoms with van der Waals surface area (Å²) < 4.78 is 0.